The molecule has 0 saturated heterocycles. The molecule has 1 aromatic rings. The molecule has 0 heterocycles. The quantitative estimate of drug-likeness (QED) is 0.356. The van der Waals surface area contributed by atoms with Gasteiger partial charge in [-0.3, -0.25) is 25.8 Å². The predicted octanol–water partition coefficient (Wildman–Crippen LogP) is 3.08. The number of para-hydroxylation sites is 1. The minimum atomic E-state index is -0.384. The SMILES string of the molecule is CCCCCC(=O)NNC(=S)NC(=O)c1ccccc1OCCCC. The van der Waals surface area contributed by atoms with Crippen LogP contribution in [0.3, 0.4) is 0 Å². The van der Waals surface area contributed by atoms with E-state index in [1.54, 1.807) is 18.2 Å². The number of rotatable bonds is 9. The zero-order valence-corrected chi connectivity index (χ0v) is 15.7. The molecular formula is C18H27N3O3S. The second kappa shape index (κ2) is 12.2. The predicted molar refractivity (Wildman–Crippen MR) is 102 cm³/mol. The number of benzene rings is 1. The standard InChI is InChI=1S/C18H27N3O3S/c1-3-5-7-12-16(22)20-21-18(25)19-17(23)14-10-8-9-11-15(14)24-13-6-4-2/h8-11H,3-7,12-13H2,1-2H3,(H,20,22)(H2,19,21,23,25). The van der Waals surface area contributed by atoms with Crippen LogP contribution < -0.4 is 20.9 Å². The molecule has 0 aliphatic heterocycles. The molecule has 0 atom stereocenters. The molecule has 6 nitrogen and oxygen atoms in total. The van der Waals surface area contributed by atoms with Crippen LogP contribution in [0.25, 0.3) is 0 Å². The van der Waals surface area contributed by atoms with E-state index in [9.17, 15) is 9.59 Å². The van der Waals surface area contributed by atoms with E-state index in [0.717, 1.165) is 32.1 Å². The number of hydrogen-bond acceptors (Lipinski definition) is 4. The summed E-state index contributed by atoms with van der Waals surface area (Å²) in [7, 11) is 0. The van der Waals surface area contributed by atoms with Crippen LogP contribution in [-0.4, -0.2) is 23.5 Å². The number of amides is 2. The third-order valence-electron chi connectivity index (χ3n) is 3.44. The van der Waals surface area contributed by atoms with E-state index in [2.05, 4.69) is 30.0 Å². The van der Waals surface area contributed by atoms with Gasteiger partial charge in [0.1, 0.15) is 5.75 Å². The number of nitrogens with one attached hydrogen (secondary N) is 3. The second-order valence-corrected chi connectivity index (χ2v) is 6.02. The molecule has 138 valence electrons. The number of hydrogen-bond donors (Lipinski definition) is 3. The molecule has 0 spiro atoms. The van der Waals surface area contributed by atoms with Crippen molar-refractivity contribution in [2.24, 2.45) is 0 Å². The summed E-state index contributed by atoms with van der Waals surface area (Å²) < 4.78 is 5.64. The Morgan fingerprint density at radius 2 is 1.76 bits per heavy atom. The Bertz CT molecular complexity index is 578. The molecule has 0 fully saturated rings. The van der Waals surface area contributed by atoms with Crippen LogP contribution in [0.5, 0.6) is 5.75 Å². The largest absolute Gasteiger partial charge is 0.493 e. The first-order valence-electron chi connectivity index (χ1n) is 8.70. The third-order valence-corrected chi connectivity index (χ3v) is 3.64. The maximum Gasteiger partial charge on any atom is 0.261 e. The van der Waals surface area contributed by atoms with E-state index in [4.69, 9.17) is 17.0 Å². The van der Waals surface area contributed by atoms with Crippen LogP contribution in [0.4, 0.5) is 0 Å². The van der Waals surface area contributed by atoms with Gasteiger partial charge in [0.2, 0.25) is 5.91 Å². The van der Waals surface area contributed by atoms with Crippen molar-refractivity contribution >= 4 is 29.1 Å². The van der Waals surface area contributed by atoms with Gasteiger partial charge in [-0.1, -0.05) is 45.2 Å². The maximum atomic E-state index is 12.3. The molecule has 0 saturated carbocycles. The molecule has 3 N–H and O–H groups in total. The van der Waals surface area contributed by atoms with Crippen LogP contribution in [0.2, 0.25) is 0 Å². The summed E-state index contributed by atoms with van der Waals surface area (Å²) in [5.41, 5.74) is 5.42. The van der Waals surface area contributed by atoms with Crippen LogP contribution in [-0.2, 0) is 4.79 Å². The Hall–Kier alpha value is -2.15. The lowest BCUT2D eigenvalue weighted by Gasteiger charge is -2.13. The lowest BCUT2D eigenvalue weighted by atomic mass is 10.2. The van der Waals surface area contributed by atoms with Crippen molar-refractivity contribution in [3.05, 3.63) is 29.8 Å². The number of ether oxygens (including phenoxy) is 1. The van der Waals surface area contributed by atoms with Crippen molar-refractivity contribution in [1.82, 2.24) is 16.2 Å². The minimum absolute atomic E-state index is 0.0391. The highest BCUT2D eigenvalue weighted by molar-refractivity contribution is 7.80. The molecule has 0 aliphatic carbocycles. The lowest BCUT2D eigenvalue weighted by Crippen LogP contribution is -2.48. The molecule has 2 amide bonds. The molecule has 0 bridgehead atoms. The molecule has 0 unspecified atom stereocenters. The second-order valence-electron chi connectivity index (χ2n) is 5.61. The summed E-state index contributed by atoms with van der Waals surface area (Å²) in [6, 6.07) is 6.98. The van der Waals surface area contributed by atoms with Crippen molar-refractivity contribution in [3.8, 4) is 5.75 Å². The summed E-state index contributed by atoms with van der Waals surface area (Å²) in [5, 5.41) is 2.58. The first kappa shape index (κ1) is 20.9. The molecule has 0 aliphatic rings. The van der Waals surface area contributed by atoms with Crippen molar-refractivity contribution in [1.29, 1.82) is 0 Å². The van der Waals surface area contributed by atoms with Gasteiger partial charge in [0, 0.05) is 6.42 Å². The molecule has 0 aromatic heterocycles. The summed E-state index contributed by atoms with van der Waals surface area (Å²) in [6.07, 6.45) is 5.23. The van der Waals surface area contributed by atoms with E-state index in [1.807, 2.05) is 6.07 Å². The summed E-state index contributed by atoms with van der Waals surface area (Å²) in [6.45, 7) is 4.70. The third kappa shape index (κ3) is 8.49. The van der Waals surface area contributed by atoms with Gasteiger partial charge in [-0.15, -0.1) is 0 Å². The Morgan fingerprint density at radius 3 is 2.48 bits per heavy atom. The normalized spacial score (nSPS) is 10.0. The van der Waals surface area contributed by atoms with Gasteiger partial charge in [-0.25, -0.2) is 0 Å². The number of hydrazine groups is 1. The van der Waals surface area contributed by atoms with E-state index >= 15 is 0 Å². The first-order valence-corrected chi connectivity index (χ1v) is 9.11. The van der Waals surface area contributed by atoms with Crippen LogP contribution >= 0.6 is 12.2 Å². The average Bonchev–Trinajstić information content (AvgIpc) is 2.61. The Labute approximate surface area is 154 Å². The van der Waals surface area contributed by atoms with E-state index < -0.39 is 0 Å². The smallest absolute Gasteiger partial charge is 0.261 e. The van der Waals surface area contributed by atoms with Crippen molar-refractivity contribution in [2.75, 3.05) is 6.61 Å². The molecular weight excluding hydrogens is 338 g/mol. The van der Waals surface area contributed by atoms with Crippen LogP contribution in [0.15, 0.2) is 24.3 Å². The van der Waals surface area contributed by atoms with Gasteiger partial charge in [0.05, 0.1) is 12.2 Å². The number of unbranched alkanes of at least 4 members (excludes halogenated alkanes) is 3. The fourth-order valence-corrected chi connectivity index (χ4v) is 2.18. The summed E-state index contributed by atoms with van der Waals surface area (Å²) in [4.78, 5) is 23.9. The molecule has 25 heavy (non-hydrogen) atoms. The van der Waals surface area contributed by atoms with Crippen molar-refractivity contribution in [3.63, 3.8) is 0 Å². The molecule has 0 radical (unpaired) electrons. The average molecular weight is 365 g/mol. The van der Waals surface area contributed by atoms with E-state index in [1.165, 1.54) is 0 Å². The van der Waals surface area contributed by atoms with Gasteiger partial charge in [0.15, 0.2) is 5.11 Å². The van der Waals surface area contributed by atoms with Crippen LogP contribution in [0.1, 0.15) is 62.7 Å². The molecule has 1 aromatic carbocycles. The topological polar surface area (TPSA) is 79.5 Å². The highest BCUT2D eigenvalue weighted by Crippen LogP contribution is 2.18. The van der Waals surface area contributed by atoms with E-state index in [0.29, 0.717) is 24.3 Å². The summed E-state index contributed by atoms with van der Waals surface area (Å²) in [5.74, 6) is -0.0296. The minimum Gasteiger partial charge on any atom is -0.493 e. The van der Waals surface area contributed by atoms with Gasteiger partial charge < -0.3 is 4.74 Å². The van der Waals surface area contributed by atoms with Gasteiger partial charge in [-0.2, -0.15) is 0 Å². The fraction of sp³-hybridized carbons (Fsp3) is 0.500. The zero-order chi connectivity index (χ0) is 18.5. The Kier molecular flexibility index (Phi) is 10.2. The maximum absolute atomic E-state index is 12.3. The highest BCUT2D eigenvalue weighted by Gasteiger charge is 2.13. The monoisotopic (exact) mass is 365 g/mol. The Morgan fingerprint density at radius 1 is 1.04 bits per heavy atom. The molecule has 7 heteroatoms. The van der Waals surface area contributed by atoms with Gasteiger partial charge in [0.25, 0.3) is 5.91 Å². The van der Waals surface area contributed by atoms with Crippen molar-refractivity contribution < 1.29 is 14.3 Å². The number of carbonyl (C=O) groups excluding carboxylic acids is 2. The zero-order valence-electron chi connectivity index (χ0n) is 14.9. The molecule has 1 rings (SSSR count). The Balaban J connectivity index is 2.47. The lowest BCUT2D eigenvalue weighted by molar-refractivity contribution is -0.121. The fourth-order valence-electron chi connectivity index (χ4n) is 2.03. The highest BCUT2D eigenvalue weighted by atomic mass is 32.1. The summed E-state index contributed by atoms with van der Waals surface area (Å²) >= 11 is 5.03. The first-order chi connectivity index (χ1) is 12.1. The van der Waals surface area contributed by atoms with Gasteiger partial charge >= 0.3 is 0 Å². The van der Waals surface area contributed by atoms with Crippen LogP contribution in [0, 0.1) is 0 Å². The number of thiocarbonyl (C=S) groups is 1. The number of carbonyl (C=O) groups is 2. The van der Waals surface area contributed by atoms with Gasteiger partial charge in [-0.05, 0) is 37.2 Å². The van der Waals surface area contributed by atoms with E-state index in [-0.39, 0.29) is 16.9 Å². The van der Waals surface area contributed by atoms with Crippen molar-refractivity contribution in [2.45, 2.75) is 52.4 Å².